The number of carbonyl (C=O) groups is 2. The van der Waals surface area contributed by atoms with Crippen LogP contribution in [0, 0.1) is 46.3 Å². The van der Waals surface area contributed by atoms with Crippen molar-refractivity contribution >= 4 is 11.8 Å². The molecule has 0 aromatic heterocycles. The number of hydrogen-bond donors (Lipinski definition) is 0. The second-order valence-electron chi connectivity index (χ2n) is 13.2. The molecule has 0 spiro atoms. The first-order valence-electron chi connectivity index (χ1n) is 14.6. The fourth-order valence-corrected chi connectivity index (χ4v) is 9.80. The number of Topliss-reactive ketones (excluding diaryl/α,β-unsaturated/α-hetero) is 1. The molecule has 0 bridgehead atoms. The van der Waals surface area contributed by atoms with Crippen molar-refractivity contribution in [2.45, 2.75) is 117 Å². The van der Waals surface area contributed by atoms with Crippen LogP contribution in [0.25, 0.3) is 0 Å². The molecule has 10 atom stereocenters. The highest BCUT2D eigenvalue weighted by Gasteiger charge is 2.64. The van der Waals surface area contributed by atoms with Crippen LogP contribution >= 0.6 is 0 Å². The van der Waals surface area contributed by atoms with E-state index in [4.69, 9.17) is 14.2 Å². The minimum Gasteiger partial charge on any atom is -0.469 e. The lowest BCUT2D eigenvalue weighted by atomic mass is 9.43. The highest BCUT2D eigenvalue weighted by Crippen LogP contribution is 2.69. The maximum absolute atomic E-state index is 12.4. The van der Waals surface area contributed by atoms with Gasteiger partial charge in [0, 0.05) is 31.3 Å². The molecule has 4 saturated carbocycles. The van der Waals surface area contributed by atoms with Gasteiger partial charge in [-0.25, -0.2) is 0 Å². The molecule has 0 aromatic carbocycles. The van der Waals surface area contributed by atoms with Crippen LogP contribution in [-0.4, -0.2) is 37.9 Å². The Labute approximate surface area is 212 Å². The molecular weight excluding hydrogens is 440 g/mol. The second kappa shape index (κ2) is 10.1. The van der Waals surface area contributed by atoms with E-state index in [1.165, 1.54) is 39.2 Å². The summed E-state index contributed by atoms with van der Waals surface area (Å²) in [5.74, 6) is 4.01. The van der Waals surface area contributed by atoms with Crippen LogP contribution < -0.4 is 0 Å². The van der Waals surface area contributed by atoms with E-state index in [1.54, 1.807) is 0 Å². The standard InChI is InChI=1S/C30H48O5/c1-19(8-13-27(32)33-4)23-11-12-24-22-10-9-20-17-21(31)14-15-29(20,2)25(22)18-26(30(23,24)3)35-28-7-5-6-16-34-28/h19-20,22-26,28H,5-18H2,1-4H3/t19-,20-,22+,23-,24+,25+,26+,28-,29+,30-/m1/s1. The zero-order valence-corrected chi connectivity index (χ0v) is 22.6. The van der Waals surface area contributed by atoms with Crippen LogP contribution in [0.15, 0.2) is 0 Å². The smallest absolute Gasteiger partial charge is 0.305 e. The average Bonchev–Trinajstić information content (AvgIpc) is 3.22. The molecule has 0 radical (unpaired) electrons. The summed E-state index contributed by atoms with van der Waals surface area (Å²) in [4.78, 5) is 24.3. The molecule has 1 aliphatic heterocycles. The van der Waals surface area contributed by atoms with Crippen LogP contribution in [0.5, 0.6) is 0 Å². The highest BCUT2D eigenvalue weighted by atomic mass is 16.7. The molecule has 4 aliphatic carbocycles. The molecule has 0 aromatic rings. The van der Waals surface area contributed by atoms with Gasteiger partial charge in [-0.05, 0) is 105 Å². The van der Waals surface area contributed by atoms with Gasteiger partial charge in [0.25, 0.3) is 0 Å². The van der Waals surface area contributed by atoms with Crippen molar-refractivity contribution in [3.63, 3.8) is 0 Å². The first-order chi connectivity index (χ1) is 16.8. The predicted molar refractivity (Wildman–Crippen MR) is 134 cm³/mol. The molecule has 5 rings (SSSR count). The van der Waals surface area contributed by atoms with Gasteiger partial charge in [-0.15, -0.1) is 0 Å². The summed E-state index contributed by atoms with van der Waals surface area (Å²) in [6, 6.07) is 0. The summed E-state index contributed by atoms with van der Waals surface area (Å²) in [5, 5.41) is 0. The monoisotopic (exact) mass is 488 g/mol. The molecular formula is C30H48O5. The van der Waals surface area contributed by atoms with Gasteiger partial charge in [-0.2, -0.15) is 0 Å². The number of ether oxygens (including phenoxy) is 3. The number of ketones is 1. The fraction of sp³-hybridized carbons (Fsp3) is 0.933. The first-order valence-corrected chi connectivity index (χ1v) is 14.6. The topological polar surface area (TPSA) is 61.8 Å². The molecule has 1 heterocycles. The van der Waals surface area contributed by atoms with Gasteiger partial charge in [0.2, 0.25) is 0 Å². The number of methoxy groups -OCH3 is 1. The van der Waals surface area contributed by atoms with Crippen molar-refractivity contribution in [2.75, 3.05) is 13.7 Å². The van der Waals surface area contributed by atoms with Gasteiger partial charge in [-0.3, -0.25) is 9.59 Å². The minimum atomic E-state index is -0.0956. The Kier molecular flexibility index (Phi) is 7.40. The lowest BCUT2D eigenvalue weighted by molar-refractivity contribution is -0.255. The molecule has 5 fully saturated rings. The normalized spacial score (nSPS) is 46.3. The number of hydrogen-bond acceptors (Lipinski definition) is 5. The van der Waals surface area contributed by atoms with Gasteiger partial charge >= 0.3 is 5.97 Å². The lowest BCUT2D eigenvalue weighted by Crippen LogP contribution is -2.59. The van der Waals surface area contributed by atoms with E-state index in [0.717, 1.165) is 57.5 Å². The molecule has 0 N–H and O–H groups in total. The van der Waals surface area contributed by atoms with Crippen LogP contribution in [0.2, 0.25) is 0 Å². The van der Waals surface area contributed by atoms with Crippen molar-refractivity contribution in [3.8, 4) is 0 Å². The fourth-order valence-electron chi connectivity index (χ4n) is 9.80. The maximum atomic E-state index is 12.4. The number of esters is 1. The zero-order chi connectivity index (χ0) is 24.8. The molecule has 0 unspecified atom stereocenters. The summed E-state index contributed by atoms with van der Waals surface area (Å²) in [7, 11) is 1.49. The molecule has 35 heavy (non-hydrogen) atoms. The van der Waals surface area contributed by atoms with Crippen molar-refractivity contribution in [3.05, 3.63) is 0 Å². The van der Waals surface area contributed by atoms with Crippen molar-refractivity contribution in [2.24, 2.45) is 46.3 Å². The van der Waals surface area contributed by atoms with Gasteiger partial charge in [0.15, 0.2) is 6.29 Å². The third kappa shape index (κ3) is 4.51. The Morgan fingerprint density at radius 2 is 1.94 bits per heavy atom. The van der Waals surface area contributed by atoms with E-state index >= 15 is 0 Å². The van der Waals surface area contributed by atoms with Gasteiger partial charge in [0.1, 0.15) is 5.78 Å². The predicted octanol–water partition coefficient (Wildman–Crippen LogP) is 6.33. The third-order valence-electron chi connectivity index (χ3n) is 11.8. The summed E-state index contributed by atoms with van der Waals surface area (Å²) < 4.78 is 18.1. The van der Waals surface area contributed by atoms with E-state index in [1.807, 2.05) is 0 Å². The average molecular weight is 489 g/mol. The van der Waals surface area contributed by atoms with Crippen molar-refractivity contribution < 1.29 is 23.8 Å². The molecule has 1 saturated heterocycles. The molecule has 5 heteroatoms. The summed E-state index contributed by atoms with van der Waals surface area (Å²) in [6.45, 7) is 8.21. The van der Waals surface area contributed by atoms with Crippen LogP contribution in [0.3, 0.4) is 0 Å². The zero-order valence-electron chi connectivity index (χ0n) is 22.6. The van der Waals surface area contributed by atoms with E-state index in [-0.39, 0.29) is 29.2 Å². The second-order valence-corrected chi connectivity index (χ2v) is 13.2. The Hall–Kier alpha value is -0.940. The molecule has 5 aliphatic rings. The molecule has 0 amide bonds. The number of fused-ring (bicyclic) bond motifs is 5. The summed E-state index contributed by atoms with van der Waals surface area (Å²) >= 11 is 0. The summed E-state index contributed by atoms with van der Waals surface area (Å²) in [5.41, 5.74) is 0.382. The van der Waals surface area contributed by atoms with Crippen LogP contribution in [0.4, 0.5) is 0 Å². The lowest BCUT2D eigenvalue weighted by Gasteiger charge is -2.62. The van der Waals surface area contributed by atoms with Crippen LogP contribution in [0.1, 0.15) is 104 Å². The van der Waals surface area contributed by atoms with E-state index in [2.05, 4.69) is 20.8 Å². The van der Waals surface area contributed by atoms with Gasteiger partial charge < -0.3 is 14.2 Å². The number of carbonyl (C=O) groups excluding carboxylic acids is 2. The minimum absolute atomic E-state index is 0.0745. The Morgan fingerprint density at radius 1 is 1.11 bits per heavy atom. The van der Waals surface area contributed by atoms with Gasteiger partial charge in [0.05, 0.1) is 13.2 Å². The van der Waals surface area contributed by atoms with Crippen molar-refractivity contribution in [1.82, 2.24) is 0 Å². The van der Waals surface area contributed by atoms with Crippen LogP contribution in [-0.2, 0) is 23.8 Å². The summed E-state index contributed by atoms with van der Waals surface area (Å²) in [6.07, 6.45) is 13.6. The molecule has 198 valence electrons. The highest BCUT2D eigenvalue weighted by molar-refractivity contribution is 5.79. The Bertz CT molecular complexity index is 790. The largest absolute Gasteiger partial charge is 0.469 e. The molecule has 5 nitrogen and oxygen atoms in total. The number of rotatable bonds is 6. The van der Waals surface area contributed by atoms with Gasteiger partial charge in [-0.1, -0.05) is 20.8 Å². The Morgan fingerprint density at radius 3 is 2.69 bits per heavy atom. The third-order valence-corrected chi connectivity index (χ3v) is 11.8. The van der Waals surface area contributed by atoms with E-state index in [9.17, 15) is 9.59 Å². The quantitative estimate of drug-likeness (QED) is 0.323. The van der Waals surface area contributed by atoms with E-state index < -0.39 is 0 Å². The maximum Gasteiger partial charge on any atom is 0.305 e. The SMILES string of the molecule is COC(=O)CC[C@@H](C)[C@H]1CC[C@H]2[C@@H]3CC[C@@H]4CC(=O)CC[C@]4(C)[C@H]3C[C@H](O[C@@H]3CCCCO3)[C@]12C. The van der Waals surface area contributed by atoms with E-state index in [0.29, 0.717) is 41.8 Å². The van der Waals surface area contributed by atoms with Crippen molar-refractivity contribution in [1.29, 1.82) is 0 Å². The Balaban J connectivity index is 1.43. The first kappa shape index (κ1) is 25.7.